The summed E-state index contributed by atoms with van der Waals surface area (Å²) in [7, 11) is 0. The van der Waals surface area contributed by atoms with E-state index in [-0.39, 0.29) is 0 Å². The van der Waals surface area contributed by atoms with Crippen LogP contribution in [-0.2, 0) is 0 Å². The zero-order valence-corrected chi connectivity index (χ0v) is 15.2. The zero-order chi connectivity index (χ0) is 16.5. The van der Waals surface area contributed by atoms with Gasteiger partial charge in [-0.15, -0.1) is 0 Å². The van der Waals surface area contributed by atoms with Crippen LogP contribution in [0.1, 0.15) is 67.2 Å². The summed E-state index contributed by atoms with van der Waals surface area (Å²) in [6, 6.07) is 0.862. The highest BCUT2D eigenvalue weighted by atomic mass is 15.1. The van der Waals surface area contributed by atoms with Crippen molar-refractivity contribution in [1.82, 2.24) is 9.97 Å². The predicted octanol–water partition coefficient (Wildman–Crippen LogP) is 4.95. The van der Waals surface area contributed by atoms with Crippen molar-refractivity contribution in [2.24, 2.45) is 11.8 Å². The summed E-state index contributed by atoms with van der Waals surface area (Å²) in [5, 5.41) is 6.83. The maximum atomic E-state index is 4.46. The Bertz CT molecular complexity index is 361. The monoisotopic (exact) mass is 306 g/mol. The Hall–Kier alpha value is -1.32. The molecule has 0 aliphatic carbocycles. The average molecular weight is 306 g/mol. The highest BCUT2D eigenvalue weighted by molar-refractivity contribution is 5.40. The van der Waals surface area contributed by atoms with Crippen LogP contribution in [0.25, 0.3) is 0 Å². The minimum atomic E-state index is 0.431. The van der Waals surface area contributed by atoms with Crippen LogP contribution in [0.4, 0.5) is 11.6 Å². The van der Waals surface area contributed by atoms with Gasteiger partial charge in [0.15, 0.2) is 0 Å². The second-order valence-electron chi connectivity index (χ2n) is 7.32. The molecule has 0 bridgehead atoms. The molecule has 0 aliphatic rings. The summed E-state index contributed by atoms with van der Waals surface area (Å²) in [6.07, 6.45) is 8.42. The Labute approximate surface area is 136 Å². The lowest BCUT2D eigenvalue weighted by Crippen LogP contribution is -2.18. The molecule has 2 unspecified atom stereocenters. The quantitative estimate of drug-likeness (QED) is 0.642. The van der Waals surface area contributed by atoms with Gasteiger partial charge in [-0.1, -0.05) is 27.7 Å². The second kappa shape index (κ2) is 9.65. The maximum absolute atomic E-state index is 4.46. The Morgan fingerprint density at radius 3 is 1.32 bits per heavy atom. The predicted molar refractivity (Wildman–Crippen MR) is 96.3 cm³/mol. The van der Waals surface area contributed by atoms with Gasteiger partial charge >= 0.3 is 0 Å². The van der Waals surface area contributed by atoms with Crippen molar-refractivity contribution < 1.29 is 0 Å². The van der Waals surface area contributed by atoms with Gasteiger partial charge in [0, 0.05) is 12.1 Å². The van der Waals surface area contributed by atoms with Crippen LogP contribution in [0.3, 0.4) is 0 Å². The molecule has 4 nitrogen and oxygen atoms in total. The molecule has 0 aromatic carbocycles. The molecule has 2 atom stereocenters. The van der Waals surface area contributed by atoms with E-state index in [0.29, 0.717) is 12.1 Å². The molecular weight excluding hydrogens is 272 g/mol. The Morgan fingerprint density at radius 1 is 0.682 bits per heavy atom. The Kier molecular flexibility index (Phi) is 8.21. The zero-order valence-electron chi connectivity index (χ0n) is 15.2. The van der Waals surface area contributed by atoms with E-state index in [4.69, 9.17) is 0 Å². The van der Waals surface area contributed by atoms with Crippen molar-refractivity contribution in [3.05, 3.63) is 12.4 Å². The molecule has 0 fully saturated rings. The van der Waals surface area contributed by atoms with Crippen molar-refractivity contribution in [2.75, 3.05) is 10.6 Å². The summed E-state index contributed by atoms with van der Waals surface area (Å²) in [5.41, 5.74) is 0. The number of anilines is 2. The van der Waals surface area contributed by atoms with Gasteiger partial charge in [0.1, 0.15) is 11.6 Å². The van der Waals surface area contributed by atoms with Crippen molar-refractivity contribution in [2.45, 2.75) is 79.3 Å². The number of nitrogens with zero attached hydrogens (tertiary/aromatic N) is 2. The van der Waals surface area contributed by atoms with Crippen LogP contribution in [0, 0.1) is 11.8 Å². The molecule has 1 rings (SSSR count). The van der Waals surface area contributed by atoms with Gasteiger partial charge < -0.3 is 10.6 Å². The average Bonchev–Trinajstić information content (AvgIpc) is 2.45. The highest BCUT2D eigenvalue weighted by Gasteiger charge is 2.07. The van der Waals surface area contributed by atoms with E-state index in [1.807, 2.05) is 12.4 Å². The molecule has 1 aromatic heterocycles. The largest absolute Gasteiger partial charge is 0.366 e. The molecule has 0 radical (unpaired) electrons. The van der Waals surface area contributed by atoms with Crippen molar-refractivity contribution >= 4 is 11.6 Å². The summed E-state index contributed by atoms with van der Waals surface area (Å²) < 4.78 is 0. The molecule has 4 heteroatoms. The number of hydrogen-bond acceptors (Lipinski definition) is 4. The van der Waals surface area contributed by atoms with Crippen LogP contribution in [-0.4, -0.2) is 22.1 Å². The van der Waals surface area contributed by atoms with E-state index in [1.165, 1.54) is 12.8 Å². The third-order valence-electron chi connectivity index (χ3n) is 3.79. The van der Waals surface area contributed by atoms with E-state index in [1.54, 1.807) is 0 Å². The van der Waals surface area contributed by atoms with E-state index in [0.717, 1.165) is 36.3 Å². The third kappa shape index (κ3) is 8.20. The lowest BCUT2D eigenvalue weighted by Gasteiger charge is -2.17. The Morgan fingerprint density at radius 2 is 1.05 bits per heavy atom. The smallest absolute Gasteiger partial charge is 0.144 e. The lowest BCUT2D eigenvalue weighted by atomic mass is 10.0. The van der Waals surface area contributed by atoms with Gasteiger partial charge in [0.05, 0.1) is 12.4 Å². The molecule has 0 saturated carbocycles. The molecule has 1 heterocycles. The molecule has 0 aliphatic heterocycles. The van der Waals surface area contributed by atoms with Crippen LogP contribution < -0.4 is 10.6 Å². The summed E-state index contributed by atoms with van der Waals surface area (Å²) in [5.74, 6) is 3.21. The number of nitrogens with one attached hydrogen (secondary N) is 2. The second-order valence-corrected chi connectivity index (χ2v) is 7.32. The first-order valence-electron chi connectivity index (χ1n) is 8.72. The van der Waals surface area contributed by atoms with Crippen LogP contribution >= 0.6 is 0 Å². The van der Waals surface area contributed by atoms with Crippen LogP contribution in [0.2, 0.25) is 0 Å². The van der Waals surface area contributed by atoms with Gasteiger partial charge in [-0.05, 0) is 51.4 Å². The standard InChI is InChI=1S/C18H34N4/c1-13(2)7-9-15(5)21-17-11-20-18(12-19-17)22-16(6)10-8-14(3)4/h11-16H,7-10H2,1-6H3,(H,19,21)(H,20,22). The number of hydrogen-bond donors (Lipinski definition) is 2. The summed E-state index contributed by atoms with van der Waals surface area (Å²) in [6.45, 7) is 13.4. The van der Waals surface area contributed by atoms with Crippen LogP contribution in [0.15, 0.2) is 12.4 Å². The molecule has 126 valence electrons. The van der Waals surface area contributed by atoms with Gasteiger partial charge in [0.25, 0.3) is 0 Å². The molecule has 2 N–H and O–H groups in total. The van der Waals surface area contributed by atoms with E-state index < -0.39 is 0 Å². The fraction of sp³-hybridized carbons (Fsp3) is 0.778. The van der Waals surface area contributed by atoms with Gasteiger partial charge in [-0.3, -0.25) is 0 Å². The van der Waals surface area contributed by atoms with Crippen LogP contribution in [0.5, 0.6) is 0 Å². The SMILES string of the molecule is CC(C)CCC(C)Nc1cnc(NC(C)CCC(C)C)cn1. The summed E-state index contributed by atoms with van der Waals surface area (Å²) in [4.78, 5) is 8.92. The topological polar surface area (TPSA) is 49.8 Å². The van der Waals surface area contributed by atoms with Gasteiger partial charge in [-0.25, -0.2) is 9.97 Å². The van der Waals surface area contributed by atoms with Crippen molar-refractivity contribution in [3.8, 4) is 0 Å². The highest BCUT2D eigenvalue weighted by Crippen LogP contribution is 2.14. The van der Waals surface area contributed by atoms with E-state index in [9.17, 15) is 0 Å². The first kappa shape index (κ1) is 18.7. The molecule has 0 spiro atoms. The number of aromatic nitrogens is 2. The fourth-order valence-corrected chi connectivity index (χ4v) is 2.29. The minimum absolute atomic E-state index is 0.431. The first-order valence-corrected chi connectivity index (χ1v) is 8.72. The first-order chi connectivity index (χ1) is 10.4. The fourth-order valence-electron chi connectivity index (χ4n) is 2.29. The normalized spacial score (nSPS) is 14.2. The van der Waals surface area contributed by atoms with E-state index >= 15 is 0 Å². The van der Waals surface area contributed by atoms with Crippen molar-refractivity contribution in [3.63, 3.8) is 0 Å². The van der Waals surface area contributed by atoms with Crippen molar-refractivity contribution in [1.29, 1.82) is 0 Å². The summed E-state index contributed by atoms with van der Waals surface area (Å²) >= 11 is 0. The molecular formula is C18H34N4. The Balaban J connectivity index is 2.39. The minimum Gasteiger partial charge on any atom is -0.366 e. The van der Waals surface area contributed by atoms with Gasteiger partial charge in [0.2, 0.25) is 0 Å². The van der Waals surface area contributed by atoms with Gasteiger partial charge in [-0.2, -0.15) is 0 Å². The molecule has 22 heavy (non-hydrogen) atoms. The molecule has 0 amide bonds. The number of rotatable bonds is 10. The lowest BCUT2D eigenvalue weighted by molar-refractivity contribution is 0.526. The molecule has 1 aromatic rings. The van der Waals surface area contributed by atoms with E-state index in [2.05, 4.69) is 62.1 Å². The maximum Gasteiger partial charge on any atom is 0.144 e. The third-order valence-corrected chi connectivity index (χ3v) is 3.79. The molecule has 0 saturated heterocycles.